The number of carbonyl (C=O) groups is 2. The number of likely N-dealkylation sites (tertiary alicyclic amines) is 1. The molecule has 6 nitrogen and oxygen atoms in total. The summed E-state index contributed by atoms with van der Waals surface area (Å²) >= 11 is 0. The second kappa shape index (κ2) is 8.89. The van der Waals surface area contributed by atoms with Crippen LogP contribution >= 0.6 is 0 Å². The van der Waals surface area contributed by atoms with E-state index in [1.54, 1.807) is 0 Å². The van der Waals surface area contributed by atoms with E-state index < -0.39 is 29.0 Å². The molecule has 0 amide bonds. The van der Waals surface area contributed by atoms with Crippen LogP contribution in [0.4, 0.5) is 8.78 Å². The van der Waals surface area contributed by atoms with Crippen molar-refractivity contribution in [3.8, 4) is 6.07 Å². The Morgan fingerprint density at radius 1 is 1.20 bits per heavy atom. The van der Waals surface area contributed by atoms with Crippen LogP contribution in [0.3, 0.4) is 0 Å². The lowest BCUT2D eigenvalue weighted by Crippen LogP contribution is -2.40. The Labute approximate surface area is 143 Å². The summed E-state index contributed by atoms with van der Waals surface area (Å²) in [6.45, 7) is 1.45. The maximum absolute atomic E-state index is 13.8. The first-order valence-corrected chi connectivity index (χ1v) is 7.39. The SMILES string of the molecule is CN1CCC(C#N)(c2cc(F)ccc2F)CC1.O=C(O)/C=C\C(=O)O. The smallest absolute Gasteiger partial charge is 0.328 e. The average molecular weight is 352 g/mol. The Kier molecular flexibility index (Phi) is 7.21. The van der Waals surface area contributed by atoms with Crippen molar-refractivity contribution in [2.75, 3.05) is 20.1 Å². The summed E-state index contributed by atoms with van der Waals surface area (Å²) in [5.41, 5.74) is -0.674. The van der Waals surface area contributed by atoms with Gasteiger partial charge in [0.05, 0.1) is 11.5 Å². The van der Waals surface area contributed by atoms with Gasteiger partial charge in [0.1, 0.15) is 11.6 Å². The van der Waals surface area contributed by atoms with Crippen molar-refractivity contribution in [2.45, 2.75) is 18.3 Å². The van der Waals surface area contributed by atoms with Crippen LogP contribution in [0.25, 0.3) is 0 Å². The van der Waals surface area contributed by atoms with E-state index in [4.69, 9.17) is 10.2 Å². The molecule has 1 aliphatic heterocycles. The van der Waals surface area contributed by atoms with Gasteiger partial charge in [-0.15, -0.1) is 0 Å². The van der Waals surface area contributed by atoms with Gasteiger partial charge in [0.2, 0.25) is 0 Å². The highest BCUT2D eigenvalue weighted by atomic mass is 19.1. The molecule has 1 aromatic carbocycles. The van der Waals surface area contributed by atoms with E-state index in [2.05, 4.69) is 11.0 Å². The fraction of sp³-hybridized carbons (Fsp3) is 0.353. The Bertz CT molecular complexity index is 689. The standard InChI is InChI=1S/C13H14F2N2.C4H4O4/c1-17-6-4-13(9-16,5-7-17)11-8-10(14)2-3-12(11)15;5-3(6)1-2-4(7)8/h2-3,8H,4-7H2,1H3;1-2H,(H,5,6)(H,7,8)/b;2-1-. The van der Waals surface area contributed by atoms with E-state index in [9.17, 15) is 23.6 Å². The summed E-state index contributed by atoms with van der Waals surface area (Å²) in [6, 6.07) is 5.53. The predicted molar refractivity (Wildman–Crippen MR) is 84.8 cm³/mol. The van der Waals surface area contributed by atoms with Gasteiger partial charge in [0, 0.05) is 17.7 Å². The molecule has 2 rings (SSSR count). The molecule has 1 heterocycles. The Hall–Kier alpha value is -2.79. The number of hydrogen-bond acceptors (Lipinski definition) is 4. The van der Waals surface area contributed by atoms with Gasteiger partial charge < -0.3 is 15.1 Å². The number of hydrogen-bond donors (Lipinski definition) is 2. The first-order chi connectivity index (χ1) is 11.7. The van der Waals surface area contributed by atoms with Crippen LogP contribution in [0, 0.1) is 23.0 Å². The lowest BCUT2D eigenvalue weighted by molar-refractivity contribution is -0.134. The highest BCUT2D eigenvalue weighted by Crippen LogP contribution is 2.36. The molecule has 1 aromatic rings. The number of carboxylic acids is 2. The molecule has 1 saturated heterocycles. The lowest BCUT2D eigenvalue weighted by Gasteiger charge is -2.35. The van der Waals surface area contributed by atoms with Gasteiger partial charge in [0.15, 0.2) is 0 Å². The van der Waals surface area contributed by atoms with Gasteiger partial charge in [0.25, 0.3) is 0 Å². The van der Waals surface area contributed by atoms with Crippen molar-refractivity contribution in [2.24, 2.45) is 0 Å². The highest BCUT2D eigenvalue weighted by Gasteiger charge is 2.37. The molecule has 0 aliphatic carbocycles. The van der Waals surface area contributed by atoms with Crippen molar-refractivity contribution >= 4 is 11.9 Å². The van der Waals surface area contributed by atoms with E-state index >= 15 is 0 Å². The lowest BCUT2D eigenvalue weighted by atomic mass is 9.74. The van der Waals surface area contributed by atoms with E-state index in [-0.39, 0.29) is 5.56 Å². The molecule has 0 bridgehead atoms. The summed E-state index contributed by atoms with van der Waals surface area (Å²) in [6.07, 6.45) is 2.20. The molecule has 1 fully saturated rings. The molecule has 0 saturated carbocycles. The summed E-state index contributed by atoms with van der Waals surface area (Å²) in [7, 11) is 1.96. The Morgan fingerprint density at radius 3 is 2.16 bits per heavy atom. The Balaban J connectivity index is 0.000000333. The first kappa shape index (κ1) is 20.3. The molecule has 0 spiro atoms. The Morgan fingerprint density at radius 2 is 1.72 bits per heavy atom. The number of rotatable bonds is 3. The number of aliphatic carboxylic acids is 2. The largest absolute Gasteiger partial charge is 0.478 e. The van der Waals surface area contributed by atoms with E-state index in [0.717, 1.165) is 31.3 Å². The number of piperidine rings is 1. The van der Waals surface area contributed by atoms with Gasteiger partial charge in [-0.25, -0.2) is 18.4 Å². The third-order valence-corrected chi connectivity index (χ3v) is 3.87. The van der Waals surface area contributed by atoms with Crippen molar-refractivity contribution in [3.05, 3.63) is 47.5 Å². The summed E-state index contributed by atoms with van der Waals surface area (Å²) in [4.78, 5) is 21.2. The van der Waals surface area contributed by atoms with Crippen LogP contribution in [0.2, 0.25) is 0 Å². The number of nitrogens with zero attached hydrogens (tertiary/aromatic N) is 2. The number of benzene rings is 1. The minimum atomic E-state index is -1.26. The van der Waals surface area contributed by atoms with Gasteiger partial charge in [-0.1, -0.05) is 0 Å². The van der Waals surface area contributed by atoms with E-state index in [0.29, 0.717) is 25.0 Å². The minimum Gasteiger partial charge on any atom is -0.478 e. The summed E-state index contributed by atoms with van der Waals surface area (Å²) < 4.78 is 27.0. The van der Waals surface area contributed by atoms with Crippen molar-refractivity contribution < 1.29 is 28.6 Å². The molecule has 0 aromatic heterocycles. The highest BCUT2D eigenvalue weighted by molar-refractivity contribution is 5.89. The van der Waals surface area contributed by atoms with Gasteiger partial charge in [-0.2, -0.15) is 5.26 Å². The van der Waals surface area contributed by atoms with Gasteiger partial charge in [-0.05, 0) is 51.2 Å². The van der Waals surface area contributed by atoms with Crippen LogP contribution in [0.15, 0.2) is 30.4 Å². The minimum absolute atomic E-state index is 0.202. The maximum Gasteiger partial charge on any atom is 0.328 e. The van der Waals surface area contributed by atoms with Crippen LogP contribution in [0.5, 0.6) is 0 Å². The normalized spacial score (nSPS) is 16.6. The topological polar surface area (TPSA) is 102 Å². The van der Waals surface area contributed by atoms with Crippen molar-refractivity contribution in [3.63, 3.8) is 0 Å². The molecular weight excluding hydrogens is 334 g/mol. The molecule has 2 N–H and O–H groups in total. The molecule has 0 radical (unpaired) electrons. The number of halogens is 2. The molecule has 25 heavy (non-hydrogen) atoms. The zero-order valence-electron chi connectivity index (χ0n) is 13.6. The van der Waals surface area contributed by atoms with Crippen LogP contribution in [-0.4, -0.2) is 47.2 Å². The summed E-state index contributed by atoms with van der Waals surface area (Å²) in [5.74, 6) is -3.49. The third kappa shape index (κ3) is 5.97. The fourth-order valence-electron chi connectivity index (χ4n) is 2.45. The third-order valence-electron chi connectivity index (χ3n) is 3.87. The molecular formula is C17H18F2N2O4. The maximum atomic E-state index is 13.8. The second-order valence-corrected chi connectivity index (χ2v) is 5.63. The van der Waals surface area contributed by atoms with Crippen LogP contribution in [0.1, 0.15) is 18.4 Å². The monoisotopic (exact) mass is 352 g/mol. The van der Waals surface area contributed by atoms with Gasteiger partial charge >= 0.3 is 11.9 Å². The predicted octanol–water partition coefficient (Wildman–Crippen LogP) is 2.16. The van der Waals surface area contributed by atoms with Gasteiger partial charge in [-0.3, -0.25) is 0 Å². The zero-order chi connectivity index (χ0) is 19.0. The van der Waals surface area contributed by atoms with Crippen LogP contribution in [-0.2, 0) is 15.0 Å². The quantitative estimate of drug-likeness (QED) is 0.809. The second-order valence-electron chi connectivity index (χ2n) is 5.63. The van der Waals surface area contributed by atoms with Crippen molar-refractivity contribution in [1.82, 2.24) is 4.90 Å². The number of carboxylic acid groups (broad SMARTS) is 2. The summed E-state index contributed by atoms with van der Waals surface area (Å²) in [5, 5.41) is 25.0. The molecule has 0 unspecified atom stereocenters. The zero-order valence-corrected chi connectivity index (χ0v) is 13.6. The molecule has 1 aliphatic rings. The first-order valence-electron chi connectivity index (χ1n) is 7.39. The fourth-order valence-corrected chi connectivity index (χ4v) is 2.45. The van der Waals surface area contributed by atoms with Crippen LogP contribution < -0.4 is 0 Å². The molecule has 8 heteroatoms. The molecule has 134 valence electrons. The van der Waals surface area contributed by atoms with E-state index in [1.165, 1.54) is 0 Å². The van der Waals surface area contributed by atoms with Crippen molar-refractivity contribution in [1.29, 1.82) is 5.26 Å². The average Bonchev–Trinajstić information content (AvgIpc) is 2.57. The van der Waals surface area contributed by atoms with E-state index in [1.807, 2.05) is 7.05 Å². The number of nitriles is 1. The molecule has 0 atom stereocenters.